The van der Waals surface area contributed by atoms with Gasteiger partial charge in [0.15, 0.2) is 0 Å². The molecule has 1 aromatic carbocycles. The van der Waals surface area contributed by atoms with Gasteiger partial charge in [0.05, 0.1) is 5.69 Å². The van der Waals surface area contributed by atoms with Crippen molar-refractivity contribution in [3.63, 3.8) is 0 Å². The van der Waals surface area contributed by atoms with E-state index >= 15 is 0 Å². The van der Waals surface area contributed by atoms with Gasteiger partial charge in [-0.2, -0.15) is 0 Å². The summed E-state index contributed by atoms with van der Waals surface area (Å²) >= 11 is 0. The third-order valence-electron chi connectivity index (χ3n) is 6.51. The summed E-state index contributed by atoms with van der Waals surface area (Å²) in [5, 5.41) is 14.4. The molecule has 1 amide bonds. The number of tetrazole rings is 1. The highest BCUT2D eigenvalue weighted by atomic mass is 16.1. The van der Waals surface area contributed by atoms with Crippen molar-refractivity contribution in [2.24, 2.45) is 23.2 Å². The fourth-order valence-corrected chi connectivity index (χ4v) is 5.95. The number of hydrogen-bond acceptors (Lipinski definition) is 4. The van der Waals surface area contributed by atoms with E-state index < -0.39 is 0 Å². The molecule has 0 radical (unpaired) electrons. The van der Waals surface area contributed by atoms with E-state index in [-0.39, 0.29) is 5.91 Å². The van der Waals surface area contributed by atoms with Crippen LogP contribution in [0.5, 0.6) is 0 Å². The molecule has 6 rings (SSSR count). The van der Waals surface area contributed by atoms with Gasteiger partial charge in [-0.15, -0.1) is 5.10 Å². The highest BCUT2D eigenvalue weighted by Gasteiger charge is 2.50. The molecule has 6 nitrogen and oxygen atoms in total. The van der Waals surface area contributed by atoms with Gasteiger partial charge in [0.25, 0.3) is 5.91 Å². The van der Waals surface area contributed by atoms with Gasteiger partial charge in [0.2, 0.25) is 0 Å². The van der Waals surface area contributed by atoms with Gasteiger partial charge < -0.3 is 5.32 Å². The minimum absolute atomic E-state index is 0.00525. The maximum atomic E-state index is 12.7. The van der Waals surface area contributed by atoms with Crippen molar-refractivity contribution in [1.29, 1.82) is 0 Å². The first-order valence-electron chi connectivity index (χ1n) is 9.31. The van der Waals surface area contributed by atoms with E-state index in [2.05, 4.69) is 20.8 Å². The van der Waals surface area contributed by atoms with Crippen LogP contribution in [-0.4, -0.2) is 32.7 Å². The molecule has 0 saturated heterocycles. The molecule has 0 aliphatic heterocycles. The number of hydrogen-bond donors (Lipinski definition) is 1. The molecule has 4 saturated carbocycles. The van der Waals surface area contributed by atoms with Gasteiger partial charge in [-0.3, -0.25) is 4.79 Å². The van der Waals surface area contributed by atoms with E-state index in [0.717, 1.165) is 30.0 Å². The van der Waals surface area contributed by atoms with Crippen LogP contribution in [0.4, 0.5) is 0 Å². The first-order chi connectivity index (χ1) is 12.2. The van der Waals surface area contributed by atoms with Gasteiger partial charge in [-0.05, 0) is 90.3 Å². The maximum absolute atomic E-state index is 12.7. The summed E-state index contributed by atoms with van der Waals surface area (Å²) in [6, 6.07) is 7.46. The number of amides is 1. The fraction of sp³-hybridized carbons (Fsp3) is 0.579. The van der Waals surface area contributed by atoms with Crippen LogP contribution < -0.4 is 5.32 Å². The van der Waals surface area contributed by atoms with Gasteiger partial charge in [-0.25, -0.2) is 4.68 Å². The van der Waals surface area contributed by atoms with Crippen molar-refractivity contribution in [1.82, 2.24) is 25.5 Å². The molecule has 4 bridgehead atoms. The molecule has 25 heavy (non-hydrogen) atoms. The number of nitrogens with one attached hydrogen (secondary N) is 1. The van der Waals surface area contributed by atoms with Crippen molar-refractivity contribution in [3.8, 4) is 5.69 Å². The van der Waals surface area contributed by atoms with Gasteiger partial charge in [0, 0.05) is 12.1 Å². The lowest BCUT2D eigenvalue weighted by molar-refractivity contribution is -0.0503. The second kappa shape index (κ2) is 5.64. The molecule has 1 heterocycles. The third kappa shape index (κ3) is 2.73. The molecule has 0 spiro atoms. The van der Waals surface area contributed by atoms with Crippen LogP contribution in [0, 0.1) is 23.2 Å². The summed E-state index contributed by atoms with van der Waals surface area (Å²) in [6.07, 6.45) is 9.76. The third-order valence-corrected chi connectivity index (χ3v) is 6.51. The van der Waals surface area contributed by atoms with E-state index in [4.69, 9.17) is 0 Å². The maximum Gasteiger partial charge on any atom is 0.251 e. The summed E-state index contributed by atoms with van der Waals surface area (Å²) in [6.45, 7) is 0.824. The zero-order chi connectivity index (χ0) is 16.9. The van der Waals surface area contributed by atoms with Crippen LogP contribution in [-0.2, 0) is 0 Å². The van der Waals surface area contributed by atoms with E-state index in [9.17, 15) is 4.79 Å². The second-order valence-electron chi connectivity index (χ2n) is 8.40. The lowest BCUT2D eigenvalue weighted by atomic mass is 9.49. The molecule has 1 N–H and O–H groups in total. The molecule has 1 aromatic heterocycles. The Labute approximate surface area is 147 Å². The summed E-state index contributed by atoms with van der Waals surface area (Å²) in [7, 11) is 0. The molecular formula is C19H23N5O. The van der Waals surface area contributed by atoms with Crippen molar-refractivity contribution < 1.29 is 4.79 Å². The van der Waals surface area contributed by atoms with Crippen molar-refractivity contribution in [2.75, 3.05) is 6.54 Å². The number of aromatic nitrogens is 4. The van der Waals surface area contributed by atoms with Crippen LogP contribution in [0.2, 0.25) is 0 Å². The van der Waals surface area contributed by atoms with Gasteiger partial charge in [0.1, 0.15) is 6.33 Å². The van der Waals surface area contributed by atoms with Gasteiger partial charge >= 0.3 is 0 Å². The highest BCUT2D eigenvalue weighted by Crippen LogP contribution is 2.59. The first kappa shape index (κ1) is 15.0. The Morgan fingerprint density at radius 1 is 1.16 bits per heavy atom. The molecule has 130 valence electrons. The van der Waals surface area contributed by atoms with Crippen LogP contribution >= 0.6 is 0 Å². The quantitative estimate of drug-likeness (QED) is 0.931. The first-order valence-corrected chi connectivity index (χ1v) is 9.31. The van der Waals surface area contributed by atoms with Crippen LogP contribution in [0.1, 0.15) is 48.9 Å². The van der Waals surface area contributed by atoms with Crippen molar-refractivity contribution in [2.45, 2.75) is 38.5 Å². The molecular weight excluding hydrogens is 314 g/mol. The van der Waals surface area contributed by atoms with Crippen molar-refractivity contribution >= 4 is 5.91 Å². The minimum atomic E-state index is 0.00525. The SMILES string of the molecule is O=C(NCC12CC3CC(CC(C3)C1)C2)c1cccc(-n2cnnn2)c1. The Morgan fingerprint density at radius 2 is 1.88 bits per heavy atom. The molecule has 4 fully saturated rings. The Hall–Kier alpha value is -2.24. The van der Waals surface area contributed by atoms with Crippen LogP contribution in [0.25, 0.3) is 5.69 Å². The lowest BCUT2D eigenvalue weighted by Gasteiger charge is -2.56. The summed E-state index contributed by atoms with van der Waals surface area (Å²) in [5.74, 6) is 2.73. The Balaban J connectivity index is 1.29. The smallest absolute Gasteiger partial charge is 0.251 e. The average molecular weight is 337 g/mol. The monoisotopic (exact) mass is 337 g/mol. The number of carbonyl (C=O) groups excluding carboxylic acids is 1. The van der Waals surface area contributed by atoms with Gasteiger partial charge in [-0.1, -0.05) is 6.07 Å². The highest BCUT2D eigenvalue weighted by molar-refractivity contribution is 5.94. The summed E-state index contributed by atoms with van der Waals surface area (Å²) < 4.78 is 1.57. The topological polar surface area (TPSA) is 72.7 Å². The average Bonchev–Trinajstić information content (AvgIpc) is 3.13. The Bertz CT molecular complexity index is 750. The Morgan fingerprint density at radius 3 is 2.52 bits per heavy atom. The predicted molar refractivity (Wildman–Crippen MR) is 92.1 cm³/mol. The normalized spacial score (nSPS) is 32.7. The molecule has 0 unspecified atom stereocenters. The van der Waals surface area contributed by atoms with Crippen molar-refractivity contribution in [3.05, 3.63) is 36.2 Å². The predicted octanol–water partition coefficient (Wildman–Crippen LogP) is 2.61. The van der Waals surface area contributed by atoms with E-state index in [1.54, 1.807) is 4.68 Å². The number of benzene rings is 1. The van der Waals surface area contributed by atoms with E-state index in [0.29, 0.717) is 11.0 Å². The molecule has 4 aliphatic carbocycles. The Kier molecular flexibility index (Phi) is 3.40. The zero-order valence-corrected chi connectivity index (χ0v) is 14.3. The second-order valence-corrected chi connectivity index (χ2v) is 8.40. The number of rotatable bonds is 4. The molecule has 0 atom stereocenters. The minimum Gasteiger partial charge on any atom is -0.351 e. The lowest BCUT2D eigenvalue weighted by Crippen LogP contribution is -2.51. The fourth-order valence-electron chi connectivity index (χ4n) is 5.95. The van der Waals surface area contributed by atoms with Crippen LogP contribution in [0.3, 0.4) is 0 Å². The molecule has 2 aromatic rings. The van der Waals surface area contributed by atoms with E-state index in [1.807, 2.05) is 24.3 Å². The summed E-state index contributed by atoms with van der Waals surface area (Å²) in [5.41, 5.74) is 1.82. The molecule has 4 aliphatic rings. The number of carbonyl (C=O) groups is 1. The summed E-state index contributed by atoms with van der Waals surface area (Å²) in [4.78, 5) is 12.7. The van der Waals surface area contributed by atoms with E-state index in [1.165, 1.54) is 44.9 Å². The zero-order valence-electron chi connectivity index (χ0n) is 14.3. The molecule has 6 heteroatoms. The standard InChI is InChI=1S/C19H23N5O/c25-18(16-2-1-3-17(7-16)24-12-21-22-23-24)20-11-19-8-13-4-14(9-19)6-15(5-13)10-19/h1-3,7,12-15H,4-6,8-11H2,(H,20,25). The van der Waals surface area contributed by atoms with Crippen LogP contribution in [0.15, 0.2) is 30.6 Å². The number of nitrogens with zero attached hydrogens (tertiary/aromatic N) is 4. The largest absolute Gasteiger partial charge is 0.351 e.